The van der Waals surface area contributed by atoms with E-state index in [4.69, 9.17) is 0 Å². The Balaban J connectivity index is 1.68. The Kier molecular flexibility index (Phi) is 10.9. The minimum Gasteiger partial charge on any atom is -0.299 e. The molecule has 200 valence electrons. The van der Waals surface area contributed by atoms with Crippen LogP contribution in [0.2, 0.25) is 0 Å². The number of aryl methyl sites for hydroxylation is 1. The van der Waals surface area contributed by atoms with Crippen LogP contribution in [0.5, 0.6) is 0 Å². The average molecular weight is 503 g/mol. The normalized spacial score (nSPS) is 22.5. The molecular formula is C34H46O3. The first-order valence-corrected chi connectivity index (χ1v) is 14.5. The first kappa shape index (κ1) is 29.0. The molecule has 2 aliphatic carbocycles. The molecule has 0 spiro atoms. The van der Waals surface area contributed by atoms with Crippen LogP contribution in [-0.2, 0) is 27.2 Å². The van der Waals surface area contributed by atoms with Crippen LogP contribution in [0, 0.1) is 17.3 Å². The molecule has 0 amide bonds. The van der Waals surface area contributed by atoms with E-state index in [1.54, 1.807) is 0 Å². The van der Waals surface area contributed by atoms with Crippen molar-refractivity contribution in [2.75, 3.05) is 0 Å². The summed E-state index contributed by atoms with van der Waals surface area (Å²) in [5, 5.41) is 0. The summed E-state index contributed by atoms with van der Waals surface area (Å²) in [6.07, 6.45) is 17.1. The summed E-state index contributed by atoms with van der Waals surface area (Å²) in [5.41, 5.74) is 4.29. The number of hydrogen-bond donors (Lipinski definition) is 0. The smallest absolute Gasteiger partial charge is 0.139 e. The standard InChI is InChI=1S/C34H46O3/c1-5-25(3)33(37)30-18-21-34(22-19-30,32(36)17-16-29-11-9-7-8-10-26(29)4)23-20-31(35)24-28-14-12-27(6-2)13-15-28/h8-15,25,30H,5-7,16-24H2,1-4H3. The third-order valence-corrected chi connectivity index (χ3v) is 8.84. The van der Waals surface area contributed by atoms with Gasteiger partial charge in [-0.1, -0.05) is 69.3 Å². The lowest BCUT2D eigenvalue weighted by atomic mass is 9.63. The van der Waals surface area contributed by atoms with Gasteiger partial charge in [0.1, 0.15) is 17.3 Å². The van der Waals surface area contributed by atoms with Crippen LogP contribution in [-0.4, -0.2) is 17.3 Å². The number of rotatable bonds is 13. The number of hydrogen-bond acceptors (Lipinski definition) is 3. The summed E-state index contributed by atoms with van der Waals surface area (Å²) in [7, 11) is 0. The van der Waals surface area contributed by atoms with Crippen molar-refractivity contribution in [1.29, 1.82) is 0 Å². The van der Waals surface area contributed by atoms with Gasteiger partial charge in [-0.15, -0.1) is 0 Å². The molecule has 0 radical (unpaired) electrons. The maximum Gasteiger partial charge on any atom is 0.139 e. The van der Waals surface area contributed by atoms with Crippen LogP contribution in [0.1, 0.15) is 103 Å². The van der Waals surface area contributed by atoms with E-state index in [1.165, 1.54) is 16.7 Å². The van der Waals surface area contributed by atoms with E-state index in [-0.39, 0.29) is 23.4 Å². The number of carbonyl (C=O) groups excluding carboxylic acids is 3. The predicted octanol–water partition coefficient (Wildman–Crippen LogP) is 8.11. The van der Waals surface area contributed by atoms with Crippen molar-refractivity contribution >= 4 is 17.3 Å². The maximum absolute atomic E-state index is 13.8. The quantitative estimate of drug-likeness (QED) is 0.274. The second-order valence-corrected chi connectivity index (χ2v) is 11.3. The number of benzene rings is 1. The zero-order chi connectivity index (χ0) is 26.8. The molecule has 3 rings (SSSR count). The Labute approximate surface area is 224 Å². The summed E-state index contributed by atoms with van der Waals surface area (Å²) in [5.74, 6) is 0.974. The molecule has 3 nitrogen and oxygen atoms in total. The van der Waals surface area contributed by atoms with Crippen molar-refractivity contribution < 1.29 is 14.4 Å². The van der Waals surface area contributed by atoms with Crippen molar-refractivity contribution in [3.05, 3.63) is 70.8 Å². The zero-order valence-corrected chi connectivity index (χ0v) is 23.5. The van der Waals surface area contributed by atoms with Crippen LogP contribution < -0.4 is 0 Å². The second-order valence-electron chi connectivity index (χ2n) is 11.3. The second kappa shape index (κ2) is 13.8. The van der Waals surface area contributed by atoms with Gasteiger partial charge in [-0.3, -0.25) is 14.4 Å². The predicted molar refractivity (Wildman–Crippen MR) is 152 cm³/mol. The Bertz CT molecular complexity index is 1030. The van der Waals surface area contributed by atoms with Gasteiger partial charge < -0.3 is 0 Å². The molecule has 1 atom stereocenters. The first-order chi connectivity index (χ1) is 17.8. The van der Waals surface area contributed by atoms with Crippen LogP contribution in [0.15, 0.2) is 59.7 Å². The molecule has 1 aromatic carbocycles. The van der Waals surface area contributed by atoms with Crippen molar-refractivity contribution in [2.24, 2.45) is 17.3 Å². The first-order valence-electron chi connectivity index (χ1n) is 14.5. The van der Waals surface area contributed by atoms with Crippen LogP contribution in [0.3, 0.4) is 0 Å². The lowest BCUT2D eigenvalue weighted by Gasteiger charge is -2.39. The molecular weight excluding hydrogens is 456 g/mol. The topological polar surface area (TPSA) is 51.2 Å². The molecule has 3 heteroatoms. The highest BCUT2D eigenvalue weighted by atomic mass is 16.1. The van der Waals surface area contributed by atoms with Crippen LogP contribution >= 0.6 is 0 Å². The third-order valence-electron chi connectivity index (χ3n) is 8.84. The Morgan fingerprint density at radius 1 is 0.946 bits per heavy atom. The highest BCUT2D eigenvalue weighted by molar-refractivity contribution is 5.88. The summed E-state index contributed by atoms with van der Waals surface area (Å²) in [6.45, 7) is 8.32. The average Bonchev–Trinajstić information content (AvgIpc) is 3.13. The molecule has 0 N–H and O–H groups in total. The number of carbonyl (C=O) groups is 3. The van der Waals surface area contributed by atoms with E-state index in [0.717, 1.165) is 56.9 Å². The summed E-state index contributed by atoms with van der Waals surface area (Å²) in [6, 6.07) is 8.29. The van der Waals surface area contributed by atoms with Gasteiger partial charge in [0, 0.05) is 36.5 Å². The Morgan fingerprint density at radius 2 is 1.59 bits per heavy atom. The van der Waals surface area contributed by atoms with Crippen LogP contribution in [0.25, 0.3) is 0 Å². The molecule has 2 aliphatic rings. The fraction of sp³-hybridized carbons (Fsp3) is 0.559. The van der Waals surface area contributed by atoms with E-state index in [2.05, 4.69) is 57.2 Å². The fourth-order valence-electron chi connectivity index (χ4n) is 5.88. The Hall–Kier alpha value is -2.55. The van der Waals surface area contributed by atoms with Gasteiger partial charge in [0.2, 0.25) is 0 Å². The van der Waals surface area contributed by atoms with Crippen molar-refractivity contribution in [3.63, 3.8) is 0 Å². The number of ketones is 3. The number of Topliss-reactive ketones (excluding diaryl/α,β-unsaturated/α-hetero) is 3. The highest BCUT2D eigenvalue weighted by Gasteiger charge is 2.42. The molecule has 0 saturated heterocycles. The van der Waals surface area contributed by atoms with E-state index in [9.17, 15) is 14.4 Å². The molecule has 0 aromatic heterocycles. The van der Waals surface area contributed by atoms with E-state index in [1.807, 2.05) is 19.1 Å². The number of allylic oxidation sites excluding steroid dienone is 6. The van der Waals surface area contributed by atoms with Gasteiger partial charge in [0.05, 0.1) is 0 Å². The molecule has 1 saturated carbocycles. The SMILES string of the molecule is CCc1ccc(CC(=O)CCC2(C(=O)CCC3=C(C)C=CCC=C3)CCC(C(=O)C(C)CC)CC2)cc1. The van der Waals surface area contributed by atoms with Gasteiger partial charge in [-0.05, 0) is 87.0 Å². The van der Waals surface area contributed by atoms with Gasteiger partial charge in [0.15, 0.2) is 0 Å². The monoisotopic (exact) mass is 502 g/mol. The van der Waals surface area contributed by atoms with E-state index < -0.39 is 5.41 Å². The molecule has 0 heterocycles. The minimum absolute atomic E-state index is 0.0588. The minimum atomic E-state index is -0.479. The molecule has 1 unspecified atom stereocenters. The largest absolute Gasteiger partial charge is 0.299 e. The van der Waals surface area contributed by atoms with Gasteiger partial charge in [-0.2, -0.15) is 0 Å². The maximum atomic E-state index is 13.8. The van der Waals surface area contributed by atoms with Crippen molar-refractivity contribution in [2.45, 2.75) is 105 Å². The molecule has 0 bridgehead atoms. The van der Waals surface area contributed by atoms with E-state index >= 15 is 0 Å². The van der Waals surface area contributed by atoms with Gasteiger partial charge in [-0.25, -0.2) is 0 Å². The van der Waals surface area contributed by atoms with Gasteiger partial charge >= 0.3 is 0 Å². The summed E-state index contributed by atoms with van der Waals surface area (Å²) in [4.78, 5) is 39.6. The lowest BCUT2D eigenvalue weighted by Crippen LogP contribution is -2.38. The third kappa shape index (κ3) is 7.97. The Morgan fingerprint density at radius 3 is 2.24 bits per heavy atom. The van der Waals surface area contributed by atoms with E-state index in [0.29, 0.717) is 31.5 Å². The van der Waals surface area contributed by atoms with Crippen molar-refractivity contribution in [3.8, 4) is 0 Å². The fourth-order valence-corrected chi connectivity index (χ4v) is 5.88. The molecule has 37 heavy (non-hydrogen) atoms. The zero-order valence-electron chi connectivity index (χ0n) is 23.5. The molecule has 0 aliphatic heterocycles. The van der Waals surface area contributed by atoms with Gasteiger partial charge in [0.25, 0.3) is 0 Å². The lowest BCUT2D eigenvalue weighted by molar-refractivity contribution is -0.136. The van der Waals surface area contributed by atoms with Crippen LogP contribution in [0.4, 0.5) is 0 Å². The highest BCUT2D eigenvalue weighted by Crippen LogP contribution is 2.45. The summed E-state index contributed by atoms with van der Waals surface area (Å²) < 4.78 is 0. The molecule has 1 fully saturated rings. The summed E-state index contributed by atoms with van der Waals surface area (Å²) >= 11 is 0. The molecule has 1 aromatic rings. The van der Waals surface area contributed by atoms with Crippen molar-refractivity contribution in [1.82, 2.24) is 0 Å².